The molecule has 31 heavy (non-hydrogen) atoms. The largest absolute Gasteiger partial charge is 0.455 e. The number of halogens is 1. The number of carbonyl (C=O) groups excluding carboxylic acids is 1. The predicted octanol–water partition coefficient (Wildman–Crippen LogP) is 4.02. The first-order valence-electron chi connectivity index (χ1n) is 10.3. The standard InChI is InChI=1S/C23H22ClN5O2/c1-28-7-2-8-29(10-9-28)22-14-25-13-20(26-22)21-6-4-16(31-21)12-18-17-11-15(24)3-5-19(17)27-23(18)30/h3-6,11-14H,2,7-10H2,1H3,(H,27,30). The number of carbonyl (C=O) groups is 1. The van der Waals surface area contributed by atoms with Gasteiger partial charge >= 0.3 is 0 Å². The van der Waals surface area contributed by atoms with Crippen molar-refractivity contribution in [1.29, 1.82) is 0 Å². The van der Waals surface area contributed by atoms with Gasteiger partial charge in [-0.25, -0.2) is 4.98 Å². The van der Waals surface area contributed by atoms with Gasteiger partial charge < -0.3 is 19.5 Å². The fourth-order valence-electron chi connectivity index (χ4n) is 3.92. The van der Waals surface area contributed by atoms with Crippen LogP contribution in [0.15, 0.2) is 47.1 Å². The van der Waals surface area contributed by atoms with Gasteiger partial charge in [0.1, 0.15) is 17.3 Å². The van der Waals surface area contributed by atoms with E-state index in [9.17, 15) is 4.79 Å². The molecule has 0 bridgehead atoms. The number of benzene rings is 1. The molecule has 0 radical (unpaired) electrons. The third-order valence-corrected chi connectivity index (χ3v) is 5.83. The van der Waals surface area contributed by atoms with E-state index in [0.717, 1.165) is 49.7 Å². The summed E-state index contributed by atoms with van der Waals surface area (Å²) in [7, 11) is 2.14. The van der Waals surface area contributed by atoms with Crippen molar-refractivity contribution < 1.29 is 9.21 Å². The van der Waals surface area contributed by atoms with E-state index in [1.807, 2.05) is 12.1 Å². The first-order valence-corrected chi connectivity index (χ1v) is 10.6. The van der Waals surface area contributed by atoms with Gasteiger partial charge in [0.15, 0.2) is 5.76 Å². The summed E-state index contributed by atoms with van der Waals surface area (Å²) in [5.74, 6) is 1.85. The second-order valence-electron chi connectivity index (χ2n) is 7.81. The molecular weight excluding hydrogens is 414 g/mol. The normalized spacial score (nSPS) is 18.2. The van der Waals surface area contributed by atoms with Crippen molar-refractivity contribution in [3.63, 3.8) is 0 Å². The minimum absolute atomic E-state index is 0.178. The minimum atomic E-state index is -0.178. The average Bonchev–Trinajstić information content (AvgIpc) is 3.28. The molecular formula is C23H22ClN5O2. The van der Waals surface area contributed by atoms with E-state index in [1.165, 1.54) is 0 Å². The van der Waals surface area contributed by atoms with Gasteiger partial charge in [-0.3, -0.25) is 9.78 Å². The molecule has 1 N–H and O–H groups in total. The monoisotopic (exact) mass is 435 g/mol. The number of hydrogen-bond acceptors (Lipinski definition) is 6. The van der Waals surface area contributed by atoms with Crippen LogP contribution in [0.25, 0.3) is 23.1 Å². The SMILES string of the molecule is CN1CCCN(c2cncc(-c3ccc(C=C4C(=O)Nc5ccc(Cl)cc54)o3)n2)CC1. The van der Waals surface area contributed by atoms with Crippen LogP contribution in [0, 0.1) is 0 Å². The molecule has 0 spiro atoms. The Balaban J connectivity index is 1.41. The highest BCUT2D eigenvalue weighted by atomic mass is 35.5. The molecule has 0 atom stereocenters. The van der Waals surface area contributed by atoms with Gasteiger partial charge in [-0.1, -0.05) is 11.6 Å². The van der Waals surface area contributed by atoms with Crippen molar-refractivity contribution in [3.05, 3.63) is 59.1 Å². The van der Waals surface area contributed by atoms with Gasteiger partial charge in [0.25, 0.3) is 5.91 Å². The topological polar surface area (TPSA) is 74.5 Å². The summed E-state index contributed by atoms with van der Waals surface area (Å²) < 4.78 is 5.99. The lowest BCUT2D eigenvalue weighted by atomic mass is 10.1. The zero-order chi connectivity index (χ0) is 21.4. The number of hydrogen-bond donors (Lipinski definition) is 1. The van der Waals surface area contributed by atoms with Gasteiger partial charge in [0.2, 0.25) is 0 Å². The molecule has 2 aliphatic heterocycles. The van der Waals surface area contributed by atoms with E-state index in [0.29, 0.717) is 27.8 Å². The highest BCUT2D eigenvalue weighted by molar-refractivity contribution is 6.36. The average molecular weight is 436 g/mol. The Bertz CT molecular complexity index is 1170. The molecule has 3 aromatic rings. The molecule has 1 amide bonds. The molecule has 2 aromatic heterocycles. The van der Waals surface area contributed by atoms with E-state index in [1.54, 1.807) is 36.7 Å². The number of nitrogens with one attached hydrogen (secondary N) is 1. The maximum atomic E-state index is 12.4. The summed E-state index contributed by atoms with van der Waals surface area (Å²) in [5.41, 5.74) is 2.70. The molecule has 0 unspecified atom stereocenters. The number of fused-ring (bicyclic) bond motifs is 1. The van der Waals surface area contributed by atoms with Gasteiger partial charge in [-0.15, -0.1) is 0 Å². The van der Waals surface area contributed by atoms with Gasteiger partial charge in [0, 0.05) is 35.9 Å². The van der Waals surface area contributed by atoms with Crippen molar-refractivity contribution >= 4 is 40.7 Å². The molecule has 0 saturated carbocycles. The first kappa shape index (κ1) is 19.8. The molecule has 5 rings (SSSR count). The number of nitrogens with zero attached hydrogens (tertiary/aromatic N) is 4. The minimum Gasteiger partial charge on any atom is -0.455 e. The number of amides is 1. The maximum absolute atomic E-state index is 12.4. The molecule has 158 valence electrons. The number of anilines is 2. The Morgan fingerprint density at radius 2 is 2.03 bits per heavy atom. The Morgan fingerprint density at radius 3 is 2.94 bits per heavy atom. The summed E-state index contributed by atoms with van der Waals surface area (Å²) in [6.45, 7) is 3.95. The number of aromatic nitrogens is 2. The zero-order valence-electron chi connectivity index (χ0n) is 17.1. The zero-order valence-corrected chi connectivity index (χ0v) is 17.9. The molecule has 1 fully saturated rings. The van der Waals surface area contributed by atoms with Crippen LogP contribution in [0.2, 0.25) is 5.02 Å². The third kappa shape index (κ3) is 4.06. The molecule has 1 aromatic carbocycles. The van der Waals surface area contributed by atoms with Crippen LogP contribution < -0.4 is 10.2 Å². The van der Waals surface area contributed by atoms with Crippen LogP contribution in [0.4, 0.5) is 11.5 Å². The van der Waals surface area contributed by atoms with E-state index in [4.69, 9.17) is 21.0 Å². The second kappa shape index (κ2) is 8.17. The van der Waals surface area contributed by atoms with Crippen molar-refractivity contribution in [2.45, 2.75) is 6.42 Å². The maximum Gasteiger partial charge on any atom is 0.256 e. The Labute approximate surface area is 185 Å². The second-order valence-corrected chi connectivity index (χ2v) is 8.25. The van der Waals surface area contributed by atoms with E-state index in [2.05, 4.69) is 27.1 Å². The summed E-state index contributed by atoms with van der Waals surface area (Å²) >= 11 is 6.11. The van der Waals surface area contributed by atoms with Crippen LogP contribution >= 0.6 is 11.6 Å². The van der Waals surface area contributed by atoms with Crippen molar-refractivity contribution in [1.82, 2.24) is 14.9 Å². The quantitative estimate of drug-likeness (QED) is 0.626. The molecule has 2 aliphatic rings. The highest BCUT2D eigenvalue weighted by Crippen LogP contribution is 2.35. The summed E-state index contributed by atoms with van der Waals surface area (Å²) in [4.78, 5) is 26.1. The van der Waals surface area contributed by atoms with Crippen molar-refractivity contribution in [2.24, 2.45) is 0 Å². The summed E-state index contributed by atoms with van der Waals surface area (Å²) in [5, 5.41) is 3.42. The van der Waals surface area contributed by atoms with Crippen LogP contribution in [-0.2, 0) is 4.79 Å². The molecule has 7 nitrogen and oxygen atoms in total. The Kier molecular flexibility index (Phi) is 5.21. The van der Waals surface area contributed by atoms with Crippen LogP contribution in [0.5, 0.6) is 0 Å². The lowest BCUT2D eigenvalue weighted by Crippen LogP contribution is -2.29. The van der Waals surface area contributed by atoms with Crippen LogP contribution in [0.1, 0.15) is 17.7 Å². The van der Waals surface area contributed by atoms with Crippen LogP contribution in [0.3, 0.4) is 0 Å². The van der Waals surface area contributed by atoms with Crippen molar-refractivity contribution in [3.8, 4) is 11.5 Å². The molecule has 0 aliphatic carbocycles. The van der Waals surface area contributed by atoms with Gasteiger partial charge in [-0.2, -0.15) is 0 Å². The van der Waals surface area contributed by atoms with E-state index in [-0.39, 0.29) is 5.91 Å². The molecule has 8 heteroatoms. The lowest BCUT2D eigenvalue weighted by Gasteiger charge is -2.21. The number of likely N-dealkylation sites (N-methyl/N-ethyl adjacent to an activating group) is 1. The fourth-order valence-corrected chi connectivity index (χ4v) is 4.09. The Morgan fingerprint density at radius 1 is 1.13 bits per heavy atom. The first-order chi connectivity index (χ1) is 15.1. The number of furan rings is 1. The van der Waals surface area contributed by atoms with E-state index < -0.39 is 0 Å². The summed E-state index contributed by atoms with van der Waals surface area (Å²) in [6, 6.07) is 9.00. The summed E-state index contributed by atoms with van der Waals surface area (Å²) in [6.07, 6.45) is 6.31. The third-order valence-electron chi connectivity index (χ3n) is 5.60. The predicted molar refractivity (Wildman–Crippen MR) is 122 cm³/mol. The van der Waals surface area contributed by atoms with E-state index >= 15 is 0 Å². The molecule has 4 heterocycles. The number of rotatable bonds is 3. The van der Waals surface area contributed by atoms with Crippen molar-refractivity contribution in [2.75, 3.05) is 43.4 Å². The van der Waals surface area contributed by atoms with Gasteiger partial charge in [-0.05, 0) is 56.4 Å². The van der Waals surface area contributed by atoms with Crippen LogP contribution in [-0.4, -0.2) is 54.0 Å². The lowest BCUT2D eigenvalue weighted by molar-refractivity contribution is -0.110. The smallest absolute Gasteiger partial charge is 0.256 e. The van der Waals surface area contributed by atoms with Gasteiger partial charge in [0.05, 0.1) is 18.0 Å². The Hall–Kier alpha value is -3.16. The fraction of sp³-hybridized carbons (Fsp3) is 0.261. The molecule has 1 saturated heterocycles. The highest BCUT2D eigenvalue weighted by Gasteiger charge is 2.25.